The number of carbonyl (C=O) groups excluding carboxylic acids is 3. The van der Waals surface area contributed by atoms with Crippen LogP contribution in [0.2, 0.25) is 0 Å². The maximum Gasteiger partial charge on any atom is 0.306 e. The van der Waals surface area contributed by atoms with Crippen LogP contribution in [0, 0.1) is 0 Å². The second-order valence-electron chi connectivity index (χ2n) is 14.2. The molecule has 0 aromatic heterocycles. The predicted molar refractivity (Wildman–Crippen MR) is 194 cm³/mol. The Morgan fingerprint density at radius 1 is 0.625 bits per heavy atom. The third kappa shape index (κ3) is 29.9. The molecular formula is C40H73NO7. The highest BCUT2D eigenvalue weighted by atomic mass is 16.6. The molecular weight excluding hydrogens is 606 g/mol. The largest absolute Gasteiger partial charge is 0.544 e. The molecule has 0 aliphatic rings. The number of esters is 2. The Bertz CT molecular complexity index is 849. The van der Waals surface area contributed by atoms with E-state index in [4.69, 9.17) is 14.2 Å². The van der Waals surface area contributed by atoms with Gasteiger partial charge in [-0.3, -0.25) is 9.59 Å². The lowest BCUT2D eigenvalue weighted by Gasteiger charge is -2.34. The van der Waals surface area contributed by atoms with Crippen LogP contribution in [0.4, 0.5) is 0 Å². The molecule has 0 saturated carbocycles. The number of aliphatic carboxylic acids is 1. The zero-order valence-corrected chi connectivity index (χ0v) is 31.7. The number of nitrogens with zero attached hydrogens (tertiary/aromatic N) is 1. The van der Waals surface area contributed by atoms with Crippen LogP contribution in [-0.2, 0) is 28.6 Å². The smallest absolute Gasteiger partial charge is 0.306 e. The van der Waals surface area contributed by atoms with Gasteiger partial charge < -0.3 is 28.6 Å². The van der Waals surface area contributed by atoms with Crippen LogP contribution in [-0.4, -0.2) is 75.5 Å². The van der Waals surface area contributed by atoms with Crippen molar-refractivity contribution in [3.8, 4) is 0 Å². The Morgan fingerprint density at radius 3 is 1.65 bits per heavy atom. The average Bonchev–Trinajstić information content (AvgIpc) is 3.03. The first-order valence-corrected chi connectivity index (χ1v) is 19.4. The van der Waals surface area contributed by atoms with Gasteiger partial charge in [-0.1, -0.05) is 122 Å². The second kappa shape index (κ2) is 32.0. The summed E-state index contributed by atoms with van der Waals surface area (Å²) >= 11 is 0. The number of carbonyl (C=O) groups is 3. The molecule has 0 aliphatic heterocycles. The lowest BCUT2D eigenvalue weighted by molar-refractivity contribution is -0.889. The summed E-state index contributed by atoms with van der Waals surface area (Å²) in [6.07, 6.45) is 32.3. The Kier molecular flexibility index (Phi) is 30.6. The Labute approximate surface area is 294 Å². The highest BCUT2D eigenvalue weighted by Gasteiger charge is 2.25. The van der Waals surface area contributed by atoms with Crippen LogP contribution < -0.4 is 5.11 Å². The molecule has 0 heterocycles. The number of ether oxygens (including phenoxy) is 3. The molecule has 8 nitrogen and oxygen atoms in total. The number of quaternary nitrogens is 1. The molecule has 0 radical (unpaired) electrons. The van der Waals surface area contributed by atoms with Gasteiger partial charge in [0.2, 0.25) is 0 Å². The molecule has 0 aliphatic carbocycles. The number of carboxylic acids is 1. The van der Waals surface area contributed by atoms with Gasteiger partial charge in [0.25, 0.3) is 0 Å². The van der Waals surface area contributed by atoms with Crippen molar-refractivity contribution in [3.05, 3.63) is 24.3 Å². The number of unbranched alkanes of at least 4 members (excludes halogenated alkanes) is 16. The van der Waals surface area contributed by atoms with Gasteiger partial charge in [0.05, 0.1) is 40.3 Å². The summed E-state index contributed by atoms with van der Waals surface area (Å²) in [6.45, 7) is 4.54. The van der Waals surface area contributed by atoms with Crippen molar-refractivity contribution in [2.45, 2.75) is 174 Å². The molecule has 48 heavy (non-hydrogen) atoms. The first kappa shape index (κ1) is 45.8. The number of hydrogen-bond acceptors (Lipinski definition) is 7. The van der Waals surface area contributed by atoms with Crippen LogP contribution in [0.5, 0.6) is 0 Å². The molecule has 0 rings (SSSR count). The molecule has 0 amide bonds. The molecule has 0 N–H and O–H groups in total. The molecule has 280 valence electrons. The number of hydrogen-bond donors (Lipinski definition) is 0. The second-order valence-corrected chi connectivity index (χ2v) is 14.2. The van der Waals surface area contributed by atoms with Gasteiger partial charge in [0.15, 0.2) is 6.10 Å². The average molecular weight is 680 g/mol. The SMILES string of the molecule is CCCCC/C=C\C/C=C\CCCCCCCCCCCC(=O)OC(COCCC(C(=O)[O-])[N+](C)(C)C)COC(=O)CCCCCCC. The van der Waals surface area contributed by atoms with Gasteiger partial charge in [0, 0.05) is 19.3 Å². The fourth-order valence-corrected chi connectivity index (χ4v) is 5.51. The van der Waals surface area contributed by atoms with E-state index in [2.05, 4.69) is 38.2 Å². The Balaban J connectivity index is 4.22. The number of carboxylic acid groups (broad SMARTS) is 1. The summed E-state index contributed by atoms with van der Waals surface area (Å²) in [5.41, 5.74) is 0. The summed E-state index contributed by atoms with van der Waals surface area (Å²) in [5, 5.41) is 11.5. The van der Waals surface area contributed by atoms with Crippen LogP contribution in [0.1, 0.15) is 162 Å². The van der Waals surface area contributed by atoms with Crippen molar-refractivity contribution >= 4 is 17.9 Å². The van der Waals surface area contributed by atoms with Gasteiger partial charge in [-0.2, -0.15) is 0 Å². The van der Waals surface area contributed by atoms with Crippen molar-refractivity contribution < 1.29 is 38.2 Å². The van der Waals surface area contributed by atoms with Crippen molar-refractivity contribution in [2.75, 3.05) is 41.0 Å². The topological polar surface area (TPSA) is 102 Å². The quantitative estimate of drug-likeness (QED) is 0.0291. The minimum atomic E-state index is -1.13. The highest BCUT2D eigenvalue weighted by molar-refractivity contribution is 5.70. The molecule has 2 atom stereocenters. The lowest BCUT2D eigenvalue weighted by Crippen LogP contribution is -2.55. The summed E-state index contributed by atoms with van der Waals surface area (Å²) in [7, 11) is 5.39. The molecule has 0 fully saturated rings. The summed E-state index contributed by atoms with van der Waals surface area (Å²) in [5.74, 6) is -1.75. The fraction of sp³-hybridized carbons (Fsp3) is 0.825. The van der Waals surface area contributed by atoms with E-state index in [1.807, 2.05) is 0 Å². The van der Waals surface area contributed by atoms with E-state index in [1.54, 1.807) is 21.1 Å². The van der Waals surface area contributed by atoms with E-state index in [9.17, 15) is 19.5 Å². The van der Waals surface area contributed by atoms with E-state index in [0.29, 0.717) is 12.8 Å². The molecule has 0 aromatic rings. The zero-order chi connectivity index (χ0) is 35.7. The summed E-state index contributed by atoms with van der Waals surface area (Å²) < 4.78 is 17.0. The van der Waals surface area contributed by atoms with E-state index in [-0.39, 0.29) is 42.7 Å². The van der Waals surface area contributed by atoms with E-state index in [1.165, 1.54) is 70.6 Å². The lowest BCUT2D eigenvalue weighted by atomic mass is 10.1. The maximum absolute atomic E-state index is 12.6. The Hall–Kier alpha value is -2.19. The molecule has 0 aromatic carbocycles. The van der Waals surface area contributed by atoms with Crippen LogP contribution >= 0.6 is 0 Å². The van der Waals surface area contributed by atoms with Crippen LogP contribution in [0.25, 0.3) is 0 Å². The van der Waals surface area contributed by atoms with Crippen molar-refractivity contribution in [1.82, 2.24) is 0 Å². The number of allylic oxidation sites excluding steroid dienone is 4. The van der Waals surface area contributed by atoms with E-state index < -0.39 is 18.1 Å². The molecule has 2 unspecified atom stereocenters. The molecule has 0 bridgehead atoms. The molecule has 8 heteroatoms. The number of rotatable bonds is 34. The number of likely N-dealkylation sites (N-methyl/N-ethyl adjacent to an activating group) is 1. The fourth-order valence-electron chi connectivity index (χ4n) is 5.51. The van der Waals surface area contributed by atoms with Gasteiger partial charge in [-0.05, 0) is 44.9 Å². The van der Waals surface area contributed by atoms with Crippen molar-refractivity contribution in [3.63, 3.8) is 0 Å². The molecule has 0 saturated heterocycles. The third-order valence-electron chi connectivity index (χ3n) is 8.59. The monoisotopic (exact) mass is 680 g/mol. The van der Waals surface area contributed by atoms with Gasteiger partial charge in [-0.15, -0.1) is 0 Å². The minimum absolute atomic E-state index is 0.0409. The third-order valence-corrected chi connectivity index (χ3v) is 8.59. The highest BCUT2D eigenvalue weighted by Crippen LogP contribution is 2.13. The Morgan fingerprint density at radius 2 is 1.10 bits per heavy atom. The van der Waals surface area contributed by atoms with Crippen molar-refractivity contribution in [2.24, 2.45) is 0 Å². The van der Waals surface area contributed by atoms with E-state index >= 15 is 0 Å². The normalized spacial score (nSPS) is 13.3. The molecule has 0 spiro atoms. The first-order valence-electron chi connectivity index (χ1n) is 19.4. The van der Waals surface area contributed by atoms with Gasteiger partial charge >= 0.3 is 11.9 Å². The van der Waals surface area contributed by atoms with E-state index in [0.717, 1.165) is 57.8 Å². The standard InChI is InChI=1S/C40H73NO7/c1-6-8-10-12-13-14-15-16-17-18-19-20-21-22-23-24-25-27-29-31-39(43)48-36(35-47-38(42)30-28-26-11-9-7-2)34-46-33-32-37(40(44)45)41(3,4)5/h13-14,16-17,36-37H,6-12,15,18-35H2,1-5H3/b14-13-,17-16-. The zero-order valence-electron chi connectivity index (χ0n) is 31.7. The summed E-state index contributed by atoms with van der Waals surface area (Å²) in [6, 6.07) is -0.721. The minimum Gasteiger partial charge on any atom is -0.544 e. The van der Waals surface area contributed by atoms with Crippen LogP contribution in [0.15, 0.2) is 24.3 Å². The van der Waals surface area contributed by atoms with Crippen molar-refractivity contribution in [1.29, 1.82) is 0 Å². The predicted octanol–water partition coefficient (Wildman–Crippen LogP) is 8.41. The first-order chi connectivity index (χ1) is 23.1. The maximum atomic E-state index is 12.6. The summed E-state index contributed by atoms with van der Waals surface area (Å²) in [4.78, 5) is 36.4. The van der Waals surface area contributed by atoms with Gasteiger partial charge in [0.1, 0.15) is 12.6 Å². The van der Waals surface area contributed by atoms with Crippen LogP contribution in [0.3, 0.4) is 0 Å². The van der Waals surface area contributed by atoms with Gasteiger partial charge in [-0.25, -0.2) is 0 Å².